The molecule has 0 saturated heterocycles. The molecule has 2 N–H and O–H groups in total. The van der Waals surface area contributed by atoms with E-state index in [1.807, 2.05) is 18.2 Å². The fourth-order valence-electron chi connectivity index (χ4n) is 2.20. The first kappa shape index (κ1) is 15.5. The molecule has 0 aliphatic carbocycles. The minimum absolute atomic E-state index is 0.146. The highest BCUT2D eigenvalue weighted by Gasteiger charge is 2.13. The van der Waals surface area contributed by atoms with Crippen molar-refractivity contribution in [1.29, 1.82) is 0 Å². The summed E-state index contributed by atoms with van der Waals surface area (Å²) >= 11 is 0. The minimum Gasteiger partial charge on any atom is -0.507 e. The smallest absolute Gasteiger partial charge is 0.259 e. The predicted molar refractivity (Wildman–Crippen MR) is 88.2 cm³/mol. The van der Waals surface area contributed by atoms with E-state index in [0.29, 0.717) is 18.0 Å². The third-order valence-electron chi connectivity index (χ3n) is 3.39. The number of amides is 1. The summed E-state index contributed by atoms with van der Waals surface area (Å²) in [5, 5.41) is 16.8. The van der Waals surface area contributed by atoms with Crippen LogP contribution >= 0.6 is 0 Å². The summed E-state index contributed by atoms with van der Waals surface area (Å²) in [4.78, 5) is 16.5. The number of carbonyl (C=O) groups excluding carboxylic acids is 1. The van der Waals surface area contributed by atoms with Gasteiger partial charge in [0.05, 0.1) is 36.8 Å². The molecular weight excluding hydrogens is 308 g/mol. The molecule has 1 aromatic carbocycles. The van der Waals surface area contributed by atoms with Gasteiger partial charge in [-0.2, -0.15) is 5.10 Å². The number of phenolic OH excluding ortho intramolecular Hbond substituents is 1. The van der Waals surface area contributed by atoms with E-state index >= 15 is 0 Å². The molecule has 7 nitrogen and oxygen atoms in total. The molecule has 2 aromatic heterocycles. The maximum Gasteiger partial charge on any atom is 0.259 e. The summed E-state index contributed by atoms with van der Waals surface area (Å²) in [6, 6.07) is 10.1. The molecule has 7 heteroatoms. The van der Waals surface area contributed by atoms with Crippen LogP contribution in [-0.2, 0) is 6.54 Å². The Hall–Kier alpha value is -3.35. The van der Waals surface area contributed by atoms with Crippen LogP contribution in [0.25, 0.3) is 0 Å². The van der Waals surface area contributed by atoms with Gasteiger partial charge in [-0.05, 0) is 24.3 Å². The highest BCUT2D eigenvalue weighted by molar-refractivity contribution is 6.06. The molecule has 1 amide bonds. The number of nitrogens with zero attached hydrogens (tertiary/aromatic N) is 3. The Bertz CT molecular complexity index is 846. The number of pyridine rings is 1. The Morgan fingerprint density at radius 3 is 2.92 bits per heavy atom. The van der Waals surface area contributed by atoms with E-state index in [1.54, 1.807) is 29.3 Å². The topological polar surface area (TPSA) is 89.3 Å². The van der Waals surface area contributed by atoms with Gasteiger partial charge in [-0.3, -0.25) is 14.5 Å². The second-order valence-electron chi connectivity index (χ2n) is 5.08. The lowest BCUT2D eigenvalue weighted by Crippen LogP contribution is -2.11. The van der Waals surface area contributed by atoms with Gasteiger partial charge in [-0.1, -0.05) is 6.07 Å². The average Bonchev–Trinajstić information content (AvgIpc) is 3.02. The molecule has 0 aliphatic rings. The number of carbonyl (C=O) groups is 1. The first-order valence-corrected chi connectivity index (χ1v) is 7.26. The highest BCUT2D eigenvalue weighted by Crippen LogP contribution is 2.24. The molecule has 24 heavy (non-hydrogen) atoms. The molecular formula is C17H16N4O3. The molecule has 122 valence electrons. The zero-order valence-electron chi connectivity index (χ0n) is 13.0. The summed E-state index contributed by atoms with van der Waals surface area (Å²) in [7, 11) is 1.49. The number of methoxy groups -OCH3 is 1. The standard InChI is InChI=1S/C17H16N4O3/c1-24-14-5-6-15(16(22)8-14)17(23)20-13-9-19-21(11-13)10-12-4-2-3-7-18-12/h2-9,11,22H,10H2,1H3,(H,20,23). The molecule has 3 rings (SSSR count). The Labute approximate surface area is 138 Å². The van der Waals surface area contributed by atoms with Gasteiger partial charge in [0.25, 0.3) is 5.91 Å². The molecule has 0 bridgehead atoms. The van der Waals surface area contributed by atoms with Crippen LogP contribution in [0, 0.1) is 0 Å². The summed E-state index contributed by atoms with van der Waals surface area (Å²) in [5.74, 6) is -0.0903. The number of benzene rings is 1. The number of phenols is 1. The number of nitrogens with one attached hydrogen (secondary N) is 1. The number of hydrogen-bond acceptors (Lipinski definition) is 5. The normalized spacial score (nSPS) is 10.4. The minimum atomic E-state index is -0.424. The monoisotopic (exact) mass is 324 g/mol. The van der Waals surface area contributed by atoms with Gasteiger partial charge in [0, 0.05) is 18.5 Å². The van der Waals surface area contributed by atoms with Gasteiger partial charge in [-0.15, -0.1) is 0 Å². The summed E-state index contributed by atoms with van der Waals surface area (Å²) in [5.41, 5.74) is 1.56. The number of anilines is 1. The lowest BCUT2D eigenvalue weighted by atomic mass is 10.2. The molecule has 0 unspecified atom stereocenters. The number of hydrogen-bond donors (Lipinski definition) is 2. The number of rotatable bonds is 5. The van der Waals surface area contributed by atoms with Crippen LogP contribution in [-0.4, -0.2) is 32.9 Å². The van der Waals surface area contributed by atoms with Gasteiger partial charge < -0.3 is 15.2 Å². The zero-order chi connectivity index (χ0) is 16.9. The van der Waals surface area contributed by atoms with Crippen LogP contribution in [0.2, 0.25) is 0 Å². The summed E-state index contributed by atoms with van der Waals surface area (Å²) < 4.78 is 6.67. The molecule has 0 radical (unpaired) electrons. The largest absolute Gasteiger partial charge is 0.507 e. The highest BCUT2D eigenvalue weighted by atomic mass is 16.5. The van der Waals surface area contributed by atoms with Crippen LogP contribution in [0.4, 0.5) is 5.69 Å². The van der Waals surface area contributed by atoms with Crippen molar-refractivity contribution in [1.82, 2.24) is 14.8 Å². The van der Waals surface area contributed by atoms with E-state index in [4.69, 9.17) is 4.74 Å². The summed E-state index contributed by atoms with van der Waals surface area (Å²) in [6.07, 6.45) is 4.96. The molecule has 3 aromatic rings. The molecule has 0 spiro atoms. The second-order valence-corrected chi connectivity index (χ2v) is 5.08. The lowest BCUT2D eigenvalue weighted by molar-refractivity contribution is 0.102. The second kappa shape index (κ2) is 6.82. The van der Waals surface area contributed by atoms with Crippen molar-refractivity contribution in [2.24, 2.45) is 0 Å². The quantitative estimate of drug-likeness (QED) is 0.751. The SMILES string of the molecule is COc1ccc(C(=O)Nc2cnn(Cc3ccccn3)c2)c(O)c1. The predicted octanol–water partition coefficient (Wildman–Crippen LogP) is 2.29. The Morgan fingerprint density at radius 1 is 1.33 bits per heavy atom. The van der Waals surface area contributed by atoms with Crippen molar-refractivity contribution in [3.05, 3.63) is 66.2 Å². The fraction of sp³-hybridized carbons (Fsp3) is 0.118. The van der Waals surface area contributed by atoms with Crippen LogP contribution in [0.5, 0.6) is 11.5 Å². The van der Waals surface area contributed by atoms with Crippen LogP contribution in [0.1, 0.15) is 16.1 Å². The van der Waals surface area contributed by atoms with E-state index in [-0.39, 0.29) is 11.3 Å². The molecule has 2 heterocycles. The van der Waals surface area contributed by atoms with Crippen molar-refractivity contribution in [3.8, 4) is 11.5 Å². The van der Waals surface area contributed by atoms with Crippen molar-refractivity contribution in [2.75, 3.05) is 12.4 Å². The number of ether oxygens (including phenoxy) is 1. The van der Waals surface area contributed by atoms with E-state index in [0.717, 1.165) is 5.69 Å². The third kappa shape index (κ3) is 3.52. The maximum absolute atomic E-state index is 12.2. The maximum atomic E-state index is 12.2. The van der Waals surface area contributed by atoms with E-state index in [9.17, 15) is 9.90 Å². The Balaban J connectivity index is 1.69. The molecule has 0 aliphatic heterocycles. The average molecular weight is 324 g/mol. The van der Waals surface area contributed by atoms with Gasteiger partial charge in [-0.25, -0.2) is 0 Å². The van der Waals surface area contributed by atoms with Gasteiger partial charge in [0.2, 0.25) is 0 Å². The fourth-order valence-corrected chi connectivity index (χ4v) is 2.20. The van der Waals surface area contributed by atoms with E-state index in [2.05, 4.69) is 15.4 Å². The van der Waals surface area contributed by atoms with Crippen molar-refractivity contribution in [3.63, 3.8) is 0 Å². The van der Waals surface area contributed by atoms with Crippen LogP contribution in [0.15, 0.2) is 55.0 Å². The van der Waals surface area contributed by atoms with Gasteiger partial charge in [0.1, 0.15) is 11.5 Å². The Kier molecular flexibility index (Phi) is 4.42. The Morgan fingerprint density at radius 2 is 2.21 bits per heavy atom. The third-order valence-corrected chi connectivity index (χ3v) is 3.39. The van der Waals surface area contributed by atoms with Crippen molar-refractivity contribution in [2.45, 2.75) is 6.54 Å². The van der Waals surface area contributed by atoms with Crippen LogP contribution < -0.4 is 10.1 Å². The first-order valence-electron chi connectivity index (χ1n) is 7.26. The van der Waals surface area contributed by atoms with Crippen molar-refractivity contribution >= 4 is 11.6 Å². The molecule has 0 saturated carbocycles. The lowest BCUT2D eigenvalue weighted by Gasteiger charge is -2.06. The van der Waals surface area contributed by atoms with Crippen molar-refractivity contribution < 1.29 is 14.6 Å². The number of aromatic hydroxyl groups is 1. The van der Waals surface area contributed by atoms with Gasteiger partial charge >= 0.3 is 0 Å². The van der Waals surface area contributed by atoms with Crippen LogP contribution in [0.3, 0.4) is 0 Å². The summed E-state index contributed by atoms with van der Waals surface area (Å²) in [6.45, 7) is 0.504. The number of aromatic nitrogens is 3. The first-order chi connectivity index (χ1) is 11.7. The van der Waals surface area contributed by atoms with E-state index < -0.39 is 5.91 Å². The molecule has 0 atom stereocenters. The molecule has 0 fully saturated rings. The van der Waals surface area contributed by atoms with Gasteiger partial charge in [0.15, 0.2) is 0 Å². The zero-order valence-corrected chi connectivity index (χ0v) is 13.0. The van der Waals surface area contributed by atoms with E-state index in [1.165, 1.54) is 19.2 Å².